The van der Waals surface area contributed by atoms with E-state index in [0.717, 1.165) is 0 Å². The Morgan fingerprint density at radius 3 is 2.46 bits per heavy atom. The Morgan fingerprint density at radius 1 is 1.54 bits per heavy atom. The van der Waals surface area contributed by atoms with E-state index in [0.29, 0.717) is 11.5 Å². The highest BCUT2D eigenvalue weighted by Crippen LogP contribution is 2.04. The van der Waals surface area contributed by atoms with Crippen LogP contribution in [0.3, 0.4) is 0 Å². The van der Waals surface area contributed by atoms with Crippen LogP contribution in [0.15, 0.2) is 0 Å². The molecule has 0 saturated carbocycles. The molecule has 0 aliphatic heterocycles. The maximum atomic E-state index is 10.2. The standard InChI is InChI=1S/C5H12BNO4S.ClH/c7-4(5(8)9)3-12-2-1-6(10)11;/h4,10-11H,1-3,7H2,(H,8,9);1H. The SMILES string of the molecule is Cl.NC(CSCCB(O)O)C(=O)O. The van der Waals surface area contributed by atoms with E-state index in [9.17, 15) is 4.79 Å². The van der Waals surface area contributed by atoms with Gasteiger partial charge in [-0.25, -0.2) is 0 Å². The second-order valence-electron chi connectivity index (χ2n) is 2.29. The van der Waals surface area contributed by atoms with Crippen molar-refractivity contribution in [2.45, 2.75) is 12.4 Å². The van der Waals surface area contributed by atoms with Crippen molar-refractivity contribution >= 4 is 37.3 Å². The molecule has 0 radical (unpaired) electrons. The van der Waals surface area contributed by atoms with E-state index < -0.39 is 19.1 Å². The van der Waals surface area contributed by atoms with Crippen LogP contribution in [0.5, 0.6) is 0 Å². The molecule has 5 nitrogen and oxygen atoms in total. The number of rotatable bonds is 6. The van der Waals surface area contributed by atoms with Gasteiger partial charge in [0, 0.05) is 5.75 Å². The lowest BCUT2D eigenvalue weighted by Gasteiger charge is -2.04. The van der Waals surface area contributed by atoms with Crippen LogP contribution in [0, 0.1) is 0 Å². The second kappa shape index (κ2) is 8.64. The number of carboxylic acid groups (broad SMARTS) is 1. The molecule has 5 N–H and O–H groups in total. The fraction of sp³-hybridized carbons (Fsp3) is 0.800. The van der Waals surface area contributed by atoms with Crippen LogP contribution < -0.4 is 5.73 Å². The Hall–Kier alpha value is 0.0549. The van der Waals surface area contributed by atoms with Crippen LogP contribution in [0.25, 0.3) is 0 Å². The van der Waals surface area contributed by atoms with Gasteiger partial charge in [0.15, 0.2) is 0 Å². The quantitative estimate of drug-likeness (QED) is 0.345. The summed E-state index contributed by atoms with van der Waals surface area (Å²) in [5, 5.41) is 25.2. The summed E-state index contributed by atoms with van der Waals surface area (Å²) < 4.78 is 0. The first-order valence-corrected chi connectivity index (χ1v) is 4.61. The molecule has 8 heteroatoms. The Balaban J connectivity index is 0. The van der Waals surface area contributed by atoms with E-state index in [4.69, 9.17) is 20.9 Å². The lowest BCUT2D eigenvalue weighted by molar-refractivity contribution is -0.137. The molecule has 0 aromatic carbocycles. The molecule has 13 heavy (non-hydrogen) atoms. The van der Waals surface area contributed by atoms with Crippen LogP contribution in [0.2, 0.25) is 6.32 Å². The number of hydrogen-bond acceptors (Lipinski definition) is 5. The van der Waals surface area contributed by atoms with Crippen LogP contribution in [-0.4, -0.2) is 45.8 Å². The highest BCUT2D eigenvalue weighted by Gasteiger charge is 2.12. The average Bonchev–Trinajstić information content (AvgIpc) is 1.97. The molecule has 0 amide bonds. The summed E-state index contributed by atoms with van der Waals surface area (Å²) >= 11 is 1.29. The van der Waals surface area contributed by atoms with Gasteiger partial charge in [0.05, 0.1) is 0 Å². The molecule has 0 aromatic rings. The van der Waals surface area contributed by atoms with Crippen molar-refractivity contribution < 1.29 is 19.9 Å². The van der Waals surface area contributed by atoms with Gasteiger partial charge in [0.2, 0.25) is 0 Å². The smallest absolute Gasteiger partial charge is 0.452 e. The molecule has 78 valence electrons. The zero-order valence-corrected chi connectivity index (χ0v) is 8.55. The highest BCUT2D eigenvalue weighted by atomic mass is 35.5. The Labute approximate surface area is 87.3 Å². The minimum absolute atomic E-state index is 0. The van der Waals surface area contributed by atoms with E-state index in [1.54, 1.807) is 0 Å². The summed E-state index contributed by atoms with van der Waals surface area (Å²) in [5.74, 6) is -0.243. The summed E-state index contributed by atoms with van der Waals surface area (Å²) in [5.41, 5.74) is 5.19. The average molecular weight is 229 g/mol. The first-order chi connectivity index (χ1) is 5.54. The third-order valence-electron chi connectivity index (χ3n) is 1.13. The molecule has 0 saturated heterocycles. The van der Waals surface area contributed by atoms with E-state index in [1.165, 1.54) is 11.8 Å². The number of carboxylic acids is 1. The molecule has 0 aliphatic carbocycles. The van der Waals surface area contributed by atoms with Gasteiger partial charge in [-0.1, -0.05) is 0 Å². The molecular formula is C5H13BClNO4S. The van der Waals surface area contributed by atoms with Crippen molar-refractivity contribution in [2.75, 3.05) is 11.5 Å². The van der Waals surface area contributed by atoms with Crippen LogP contribution >= 0.6 is 24.2 Å². The number of aliphatic carboxylic acids is 1. The minimum atomic E-state index is -1.32. The normalized spacial score (nSPS) is 11.6. The number of thioether (sulfide) groups is 1. The van der Waals surface area contributed by atoms with E-state index in [1.807, 2.05) is 0 Å². The summed E-state index contributed by atoms with van der Waals surface area (Å²) in [7, 11) is -1.32. The Bertz CT molecular complexity index is 150. The van der Waals surface area contributed by atoms with Crippen molar-refractivity contribution in [3.05, 3.63) is 0 Å². The first-order valence-electron chi connectivity index (χ1n) is 3.46. The summed E-state index contributed by atoms with van der Waals surface area (Å²) in [6.45, 7) is 0. The number of carbonyl (C=O) groups is 1. The van der Waals surface area contributed by atoms with Crippen LogP contribution in [0.4, 0.5) is 0 Å². The number of halogens is 1. The van der Waals surface area contributed by atoms with Crippen LogP contribution in [0.1, 0.15) is 0 Å². The highest BCUT2D eigenvalue weighted by molar-refractivity contribution is 7.99. The van der Waals surface area contributed by atoms with Crippen molar-refractivity contribution in [1.29, 1.82) is 0 Å². The molecule has 1 atom stereocenters. The van der Waals surface area contributed by atoms with Gasteiger partial charge in [0.25, 0.3) is 0 Å². The molecule has 0 rings (SSSR count). The molecule has 0 fully saturated rings. The topological polar surface area (TPSA) is 104 Å². The minimum Gasteiger partial charge on any atom is -0.480 e. The zero-order chi connectivity index (χ0) is 9.56. The van der Waals surface area contributed by atoms with Crippen LogP contribution in [-0.2, 0) is 4.79 Å². The van der Waals surface area contributed by atoms with Gasteiger partial charge in [-0.15, -0.1) is 12.4 Å². The first kappa shape index (κ1) is 15.5. The lowest BCUT2D eigenvalue weighted by atomic mass is 9.88. The summed E-state index contributed by atoms with van der Waals surface area (Å²) in [6.07, 6.45) is 0.233. The monoisotopic (exact) mass is 229 g/mol. The predicted molar refractivity (Wildman–Crippen MR) is 55.2 cm³/mol. The molecule has 0 bridgehead atoms. The maximum absolute atomic E-state index is 10.2. The lowest BCUT2D eigenvalue weighted by Crippen LogP contribution is -2.32. The fourth-order valence-electron chi connectivity index (χ4n) is 0.470. The molecule has 0 aliphatic rings. The Kier molecular flexibility index (Phi) is 10.3. The maximum Gasteiger partial charge on any atom is 0.452 e. The zero-order valence-electron chi connectivity index (χ0n) is 6.92. The van der Waals surface area contributed by atoms with Crippen molar-refractivity contribution in [2.24, 2.45) is 5.73 Å². The Morgan fingerprint density at radius 2 is 2.08 bits per heavy atom. The largest absolute Gasteiger partial charge is 0.480 e. The van der Waals surface area contributed by atoms with Gasteiger partial charge >= 0.3 is 13.1 Å². The van der Waals surface area contributed by atoms with E-state index in [2.05, 4.69) is 0 Å². The predicted octanol–water partition coefficient (Wildman–Crippen LogP) is -0.974. The molecule has 0 spiro atoms. The van der Waals surface area contributed by atoms with E-state index >= 15 is 0 Å². The third-order valence-corrected chi connectivity index (χ3v) is 2.25. The van der Waals surface area contributed by atoms with Crippen molar-refractivity contribution in [3.8, 4) is 0 Å². The van der Waals surface area contributed by atoms with Gasteiger partial charge in [0.1, 0.15) is 6.04 Å². The van der Waals surface area contributed by atoms with Crippen molar-refractivity contribution in [1.82, 2.24) is 0 Å². The van der Waals surface area contributed by atoms with E-state index in [-0.39, 0.29) is 18.7 Å². The van der Waals surface area contributed by atoms with Gasteiger partial charge < -0.3 is 20.9 Å². The van der Waals surface area contributed by atoms with Gasteiger partial charge in [-0.2, -0.15) is 11.8 Å². The van der Waals surface area contributed by atoms with Gasteiger partial charge in [-0.3, -0.25) is 4.79 Å². The molecule has 0 aromatic heterocycles. The summed E-state index contributed by atoms with van der Waals surface area (Å²) in [4.78, 5) is 10.2. The fourth-order valence-corrected chi connectivity index (χ4v) is 1.41. The van der Waals surface area contributed by atoms with Gasteiger partial charge in [-0.05, 0) is 12.1 Å². The number of hydrogen-bond donors (Lipinski definition) is 4. The molecular weight excluding hydrogens is 216 g/mol. The molecule has 0 heterocycles. The van der Waals surface area contributed by atoms with Crippen molar-refractivity contribution in [3.63, 3.8) is 0 Å². The number of nitrogens with two attached hydrogens (primary N) is 1. The second-order valence-corrected chi connectivity index (χ2v) is 3.44. The summed E-state index contributed by atoms with van der Waals surface area (Å²) in [6, 6.07) is -0.870. The molecule has 1 unspecified atom stereocenters. The third kappa shape index (κ3) is 9.97.